The first kappa shape index (κ1) is 59.2. The van der Waals surface area contributed by atoms with Crippen LogP contribution in [-0.4, -0.2) is 6.71 Å². The van der Waals surface area contributed by atoms with Gasteiger partial charge in [0.25, 0.3) is 6.71 Å². The van der Waals surface area contributed by atoms with Crippen LogP contribution in [0.2, 0.25) is 0 Å². The van der Waals surface area contributed by atoms with Crippen molar-refractivity contribution >= 4 is 96.2 Å². The van der Waals surface area contributed by atoms with Crippen molar-refractivity contribution in [3.8, 4) is 11.1 Å². The van der Waals surface area contributed by atoms with Crippen LogP contribution < -0.4 is 31.1 Å². The lowest BCUT2D eigenvalue weighted by molar-refractivity contribution is 0.641. The average Bonchev–Trinajstić information content (AvgIpc) is 1.08. The van der Waals surface area contributed by atoms with Gasteiger partial charge in [0.05, 0.1) is 11.4 Å². The average molecular weight is 1230 g/mol. The molecule has 13 aromatic carbocycles. The second kappa shape index (κ2) is 23.0. The largest absolute Gasteiger partial charge is 0.453 e. The van der Waals surface area contributed by atoms with Crippen molar-refractivity contribution < 1.29 is 4.42 Å². The number of anilines is 9. The third kappa shape index (κ3) is 9.90. The second-order valence-corrected chi connectivity index (χ2v) is 28.1. The monoisotopic (exact) mass is 1230 g/mol. The van der Waals surface area contributed by atoms with E-state index in [1.54, 1.807) is 0 Å². The van der Waals surface area contributed by atoms with E-state index in [0.717, 1.165) is 84.3 Å². The van der Waals surface area contributed by atoms with Crippen LogP contribution in [0.25, 0.3) is 33.1 Å². The van der Waals surface area contributed by atoms with Crippen molar-refractivity contribution in [2.45, 2.75) is 77.0 Å². The molecule has 0 saturated carbocycles. The van der Waals surface area contributed by atoms with Crippen LogP contribution in [0.5, 0.6) is 0 Å². The molecule has 0 amide bonds. The fourth-order valence-electron chi connectivity index (χ4n) is 15.4. The molecule has 460 valence electrons. The van der Waals surface area contributed by atoms with E-state index in [2.05, 4.69) is 386 Å². The van der Waals surface area contributed by atoms with Gasteiger partial charge in [-0.1, -0.05) is 304 Å². The molecule has 14 aromatic rings. The van der Waals surface area contributed by atoms with Crippen molar-refractivity contribution in [1.29, 1.82) is 0 Å². The molecule has 95 heavy (non-hydrogen) atoms. The minimum absolute atomic E-state index is 0.197. The summed E-state index contributed by atoms with van der Waals surface area (Å²) in [6.07, 6.45) is 0. The van der Waals surface area contributed by atoms with Gasteiger partial charge in [0, 0.05) is 77.8 Å². The van der Waals surface area contributed by atoms with E-state index in [0.29, 0.717) is 0 Å². The Balaban J connectivity index is 1.01. The highest BCUT2D eigenvalue weighted by Gasteiger charge is 2.46. The Morgan fingerprint density at radius 2 is 0.653 bits per heavy atom. The maximum Gasteiger partial charge on any atom is 0.252 e. The third-order valence-electron chi connectivity index (χ3n) is 21.3. The molecule has 0 bridgehead atoms. The summed E-state index contributed by atoms with van der Waals surface area (Å²) in [6.45, 7) is 18.7. The molecule has 0 saturated heterocycles. The standard InChI is InChI=1S/C90H76BN3O/c1-87(2,62-31-17-10-18-32-62)66-45-51-71(52-46-66)93-79-55-49-68(89(5,6)64-35-21-12-22-36-64)57-77(79)91-78-58-69(90(7,8)65-37-23-13-24-38-65)50-56-80(78)94(72-53-47-67(48-54-72)88(3,4)63-33-19-11-20-34-63)83-60-73(59-82(93)84(83)91)92(70-39-25-14-26-40-70)81-44-28-43-76-75-42-27-41-74(85(75)95-86(76)81)61-29-15-9-16-30-61/h9-60H,1-8H3. The Hall–Kier alpha value is -10.9. The highest BCUT2D eigenvalue weighted by atomic mass is 16.3. The molecular weight excluding hydrogens is 1150 g/mol. The van der Waals surface area contributed by atoms with Gasteiger partial charge >= 0.3 is 0 Å². The number of nitrogens with zero attached hydrogens (tertiary/aromatic N) is 3. The first-order chi connectivity index (χ1) is 46.2. The predicted molar refractivity (Wildman–Crippen MR) is 402 cm³/mol. The van der Waals surface area contributed by atoms with Crippen LogP contribution in [0, 0.1) is 0 Å². The van der Waals surface area contributed by atoms with Crippen LogP contribution >= 0.6 is 0 Å². The molecule has 0 aliphatic carbocycles. The Morgan fingerprint density at radius 1 is 0.295 bits per heavy atom. The Bertz CT molecular complexity index is 4940. The fraction of sp³-hybridized carbons (Fsp3) is 0.133. The number of hydrogen-bond donors (Lipinski definition) is 0. The van der Waals surface area contributed by atoms with Crippen LogP contribution in [0.3, 0.4) is 0 Å². The summed E-state index contributed by atoms with van der Waals surface area (Å²) < 4.78 is 7.38. The van der Waals surface area contributed by atoms with E-state index in [9.17, 15) is 0 Å². The summed E-state index contributed by atoms with van der Waals surface area (Å²) in [5.41, 5.74) is 26.2. The first-order valence-electron chi connectivity index (χ1n) is 33.5. The molecule has 3 heterocycles. The van der Waals surface area contributed by atoms with Gasteiger partial charge in [-0.25, -0.2) is 0 Å². The maximum absolute atomic E-state index is 7.38. The number of fused-ring (bicyclic) bond motifs is 7. The van der Waals surface area contributed by atoms with Crippen molar-refractivity contribution in [3.63, 3.8) is 0 Å². The molecule has 0 spiro atoms. The molecule has 0 atom stereocenters. The van der Waals surface area contributed by atoms with Gasteiger partial charge in [-0.15, -0.1) is 0 Å². The summed E-state index contributed by atoms with van der Waals surface area (Å²) in [7, 11) is 0. The molecule has 16 rings (SSSR count). The third-order valence-corrected chi connectivity index (χ3v) is 21.3. The van der Waals surface area contributed by atoms with Crippen LogP contribution in [0.1, 0.15) is 99.9 Å². The molecule has 2 aliphatic heterocycles. The van der Waals surface area contributed by atoms with Crippen LogP contribution in [-0.2, 0) is 21.7 Å². The smallest absolute Gasteiger partial charge is 0.252 e. The Kier molecular flexibility index (Phi) is 14.3. The zero-order valence-corrected chi connectivity index (χ0v) is 55.3. The topological polar surface area (TPSA) is 22.9 Å². The van der Waals surface area contributed by atoms with Crippen LogP contribution in [0.15, 0.2) is 320 Å². The lowest BCUT2D eigenvalue weighted by Gasteiger charge is -2.46. The highest BCUT2D eigenvalue weighted by molar-refractivity contribution is 7.00. The van der Waals surface area contributed by atoms with Crippen molar-refractivity contribution in [3.05, 3.63) is 360 Å². The highest BCUT2D eigenvalue weighted by Crippen LogP contribution is 2.52. The predicted octanol–water partition coefficient (Wildman–Crippen LogP) is 22.1. The normalized spacial score (nSPS) is 13.0. The van der Waals surface area contributed by atoms with Gasteiger partial charge in [0.2, 0.25) is 0 Å². The van der Waals surface area contributed by atoms with Crippen molar-refractivity contribution in [2.24, 2.45) is 0 Å². The number of rotatable bonds is 14. The number of para-hydroxylation sites is 3. The SMILES string of the molecule is CC(C)(c1ccccc1)c1ccc(N2c3ccc(C(C)(C)c4ccccc4)cc3B3c4cc(C(C)(C)c5ccccc5)ccc4N(c4ccc(C(C)(C)c5ccccc5)cc4)c4cc(N(c5ccccc5)c5cccc6c5oc5c(-c7ccccc7)cccc56)cc2c43)cc1. The molecule has 0 fully saturated rings. The van der Waals surface area contributed by atoms with Gasteiger partial charge in [0.1, 0.15) is 5.58 Å². The number of benzene rings is 13. The minimum atomic E-state index is -0.329. The van der Waals surface area contributed by atoms with Gasteiger partial charge < -0.3 is 19.1 Å². The van der Waals surface area contributed by atoms with Gasteiger partial charge in [-0.05, 0) is 133 Å². The maximum atomic E-state index is 7.38. The zero-order valence-electron chi connectivity index (χ0n) is 55.3. The molecule has 4 nitrogen and oxygen atoms in total. The minimum Gasteiger partial charge on any atom is -0.453 e. The second-order valence-electron chi connectivity index (χ2n) is 28.1. The van der Waals surface area contributed by atoms with Gasteiger partial charge in [0.15, 0.2) is 5.58 Å². The van der Waals surface area contributed by atoms with E-state index in [-0.39, 0.29) is 28.4 Å². The molecule has 0 radical (unpaired) electrons. The summed E-state index contributed by atoms with van der Waals surface area (Å²) >= 11 is 0. The molecule has 5 heteroatoms. The first-order valence-corrected chi connectivity index (χ1v) is 33.5. The molecule has 1 aromatic heterocycles. The quantitative estimate of drug-likeness (QED) is 0.101. The van der Waals surface area contributed by atoms with E-state index >= 15 is 0 Å². The molecular formula is C90H76BN3O. The fourth-order valence-corrected chi connectivity index (χ4v) is 15.4. The van der Waals surface area contributed by atoms with E-state index in [1.807, 2.05) is 0 Å². The summed E-state index contributed by atoms with van der Waals surface area (Å²) in [4.78, 5) is 7.60. The molecule has 0 N–H and O–H groups in total. The van der Waals surface area contributed by atoms with Crippen molar-refractivity contribution in [2.75, 3.05) is 14.7 Å². The lowest BCUT2D eigenvalue weighted by atomic mass is 9.33. The van der Waals surface area contributed by atoms with Gasteiger partial charge in [-0.2, -0.15) is 0 Å². The molecule has 2 aliphatic rings. The van der Waals surface area contributed by atoms with Crippen molar-refractivity contribution in [1.82, 2.24) is 0 Å². The Labute approximate surface area is 560 Å². The van der Waals surface area contributed by atoms with Gasteiger partial charge in [-0.3, -0.25) is 0 Å². The zero-order chi connectivity index (χ0) is 64.8. The summed E-state index contributed by atoms with van der Waals surface area (Å²) in [5.74, 6) is 0. The van der Waals surface area contributed by atoms with E-state index in [4.69, 9.17) is 4.42 Å². The van der Waals surface area contributed by atoms with Crippen LogP contribution in [0.4, 0.5) is 51.2 Å². The van der Waals surface area contributed by atoms with E-state index < -0.39 is 0 Å². The lowest BCUT2D eigenvalue weighted by Crippen LogP contribution is -2.61. The molecule has 0 unspecified atom stereocenters. The Morgan fingerprint density at radius 3 is 1.08 bits per heavy atom. The summed E-state index contributed by atoms with van der Waals surface area (Å²) in [6, 6.07) is 117. The number of hydrogen-bond acceptors (Lipinski definition) is 4. The summed E-state index contributed by atoms with van der Waals surface area (Å²) in [5, 5.41) is 2.13. The number of furan rings is 1. The van der Waals surface area contributed by atoms with E-state index in [1.165, 1.54) is 60.9 Å².